The fourth-order valence-corrected chi connectivity index (χ4v) is 0.572. The normalized spacial score (nSPS) is 11.5. The van der Waals surface area contributed by atoms with Gasteiger partial charge in [-0.15, -0.1) is 0 Å². The van der Waals surface area contributed by atoms with Crippen LogP contribution in [0, 0.1) is 0 Å². The first-order valence-electron chi connectivity index (χ1n) is 3.21. The van der Waals surface area contributed by atoms with Gasteiger partial charge in [-0.1, -0.05) is 6.58 Å². The summed E-state index contributed by atoms with van der Waals surface area (Å²) in [5.74, 6) is -1.16. The van der Waals surface area contributed by atoms with E-state index in [0.717, 1.165) is 7.11 Å². The molecule has 0 fully saturated rings. The van der Waals surface area contributed by atoms with Gasteiger partial charge in [-0.25, -0.2) is 9.59 Å². The monoisotopic (exact) mass is 173 g/mol. The maximum absolute atomic E-state index is 10.6. The molecule has 1 amide bonds. The van der Waals surface area contributed by atoms with E-state index < -0.39 is 18.1 Å². The number of carboxylic acid groups (broad SMARTS) is 1. The van der Waals surface area contributed by atoms with Gasteiger partial charge in [0.25, 0.3) is 0 Å². The second kappa shape index (κ2) is 4.38. The molecule has 0 heterocycles. The quantitative estimate of drug-likeness (QED) is 0.604. The van der Waals surface area contributed by atoms with Gasteiger partial charge < -0.3 is 15.2 Å². The van der Waals surface area contributed by atoms with Crippen LogP contribution in [0.25, 0.3) is 0 Å². The van der Waals surface area contributed by atoms with Gasteiger partial charge in [0.15, 0.2) is 6.04 Å². The van der Waals surface area contributed by atoms with E-state index in [1.165, 1.54) is 6.92 Å². The third-order valence-electron chi connectivity index (χ3n) is 1.19. The van der Waals surface area contributed by atoms with Gasteiger partial charge >= 0.3 is 12.1 Å². The predicted molar refractivity (Wildman–Crippen MR) is 41.8 cm³/mol. The third-order valence-corrected chi connectivity index (χ3v) is 1.19. The lowest BCUT2D eigenvalue weighted by molar-refractivity contribution is -0.138. The molecule has 0 radical (unpaired) electrons. The van der Waals surface area contributed by atoms with Crippen LogP contribution in [0.3, 0.4) is 0 Å². The first-order valence-corrected chi connectivity index (χ1v) is 3.21. The zero-order valence-electron chi connectivity index (χ0n) is 6.96. The van der Waals surface area contributed by atoms with Crippen LogP contribution in [0.5, 0.6) is 0 Å². The Kier molecular flexibility index (Phi) is 3.82. The molecule has 5 nitrogen and oxygen atoms in total. The van der Waals surface area contributed by atoms with Crippen LogP contribution >= 0.6 is 0 Å². The van der Waals surface area contributed by atoms with Gasteiger partial charge in [-0.05, 0) is 12.5 Å². The Balaban J connectivity index is 4.24. The molecule has 5 heteroatoms. The molecule has 0 saturated heterocycles. The van der Waals surface area contributed by atoms with Gasteiger partial charge in [-0.2, -0.15) is 0 Å². The number of carboxylic acids is 1. The molecule has 0 aromatic carbocycles. The number of ether oxygens (including phenoxy) is 1. The van der Waals surface area contributed by atoms with Crippen molar-refractivity contribution >= 4 is 12.1 Å². The van der Waals surface area contributed by atoms with Crippen molar-refractivity contribution in [3.05, 3.63) is 12.2 Å². The molecule has 0 aliphatic heterocycles. The lowest BCUT2D eigenvalue weighted by Gasteiger charge is -2.12. The average Bonchev–Trinajstić information content (AvgIpc) is 1.98. The van der Waals surface area contributed by atoms with Crippen LogP contribution < -0.4 is 5.32 Å². The summed E-state index contributed by atoms with van der Waals surface area (Å²) in [6.45, 7) is 4.92. The average molecular weight is 173 g/mol. The molecule has 68 valence electrons. The van der Waals surface area contributed by atoms with Crippen LogP contribution in [-0.2, 0) is 9.53 Å². The Labute approximate surface area is 70.0 Å². The summed E-state index contributed by atoms with van der Waals surface area (Å²) < 4.78 is 4.23. The van der Waals surface area contributed by atoms with Crippen molar-refractivity contribution in [2.75, 3.05) is 7.11 Å². The number of carbonyl (C=O) groups excluding carboxylic acids is 1. The van der Waals surface area contributed by atoms with Crippen molar-refractivity contribution in [3.8, 4) is 0 Å². The minimum atomic E-state index is -1.16. The molecule has 1 atom stereocenters. The lowest BCUT2D eigenvalue weighted by Crippen LogP contribution is -2.41. The Morgan fingerprint density at radius 3 is 2.33 bits per heavy atom. The SMILES string of the molecule is C=C(C)[C@H](NC(=O)OC)C(=O)O. The van der Waals surface area contributed by atoms with Crippen molar-refractivity contribution in [3.63, 3.8) is 0 Å². The van der Waals surface area contributed by atoms with E-state index in [1.807, 2.05) is 0 Å². The highest BCUT2D eigenvalue weighted by Gasteiger charge is 2.20. The zero-order valence-corrected chi connectivity index (χ0v) is 6.96. The standard InChI is InChI=1S/C7H11NO4/c1-4(2)5(6(9)10)8-7(11)12-3/h5H,1H2,2-3H3,(H,8,11)(H,9,10)/t5-/m0/s1. The summed E-state index contributed by atoms with van der Waals surface area (Å²) >= 11 is 0. The number of methoxy groups -OCH3 is 1. The molecule has 0 unspecified atom stereocenters. The molecule has 0 saturated carbocycles. The Morgan fingerprint density at radius 2 is 2.08 bits per heavy atom. The molecular weight excluding hydrogens is 162 g/mol. The minimum Gasteiger partial charge on any atom is -0.479 e. The highest BCUT2D eigenvalue weighted by Crippen LogP contribution is 1.97. The van der Waals surface area contributed by atoms with Gasteiger partial charge in [-0.3, -0.25) is 0 Å². The van der Waals surface area contributed by atoms with Crippen LogP contribution in [0.1, 0.15) is 6.92 Å². The van der Waals surface area contributed by atoms with E-state index in [-0.39, 0.29) is 0 Å². The molecular formula is C7H11NO4. The third kappa shape index (κ3) is 3.05. The van der Waals surface area contributed by atoms with Crippen LogP contribution in [0.15, 0.2) is 12.2 Å². The summed E-state index contributed by atoms with van der Waals surface area (Å²) in [6.07, 6.45) is -0.787. The number of amides is 1. The summed E-state index contributed by atoms with van der Waals surface area (Å²) in [5.41, 5.74) is 0.341. The van der Waals surface area contributed by atoms with Crippen molar-refractivity contribution in [2.24, 2.45) is 0 Å². The maximum Gasteiger partial charge on any atom is 0.407 e. The van der Waals surface area contributed by atoms with Crippen molar-refractivity contribution < 1.29 is 19.4 Å². The largest absolute Gasteiger partial charge is 0.479 e. The Bertz CT molecular complexity index is 197. The second-order valence-electron chi connectivity index (χ2n) is 2.25. The summed E-state index contributed by atoms with van der Waals surface area (Å²) in [6, 6.07) is -1.09. The highest BCUT2D eigenvalue weighted by molar-refractivity contribution is 5.82. The number of alkyl carbamates (subject to hydrolysis) is 1. The number of aliphatic carboxylic acids is 1. The molecule has 0 spiro atoms. The topological polar surface area (TPSA) is 75.6 Å². The van der Waals surface area contributed by atoms with E-state index in [0.29, 0.717) is 5.57 Å². The summed E-state index contributed by atoms with van der Waals surface area (Å²) in [4.78, 5) is 21.1. The molecule has 2 N–H and O–H groups in total. The van der Waals surface area contributed by atoms with Gasteiger partial charge in [0.2, 0.25) is 0 Å². The van der Waals surface area contributed by atoms with E-state index in [1.54, 1.807) is 0 Å². The van der Waals surface area contributed by atoms with Gasteiger partial charge in [0.1, 0.15) is 0 Å². The number of hydrogen-bond acceptors (Lipinski definition) is 3. The minimum absolute atomic E-state index is 0.341. The summed E-state index contributed by atoms with van der Waals surface area (Å²) in [5, 5.41) is 10.7. The lowest BCUT2D eigenvalue weighted by atomic mass is 10.1. The van der Waals surface area contributed by atoms with Gasteiger partial charge in [0.05, 0.1) is 7.11 Å². The fraction of sp³-hybridized carbons (Fsp3) is 0.429. The molecule has 12 heavy (non-hydrogen) atoms. The number of carbonyl (C=O) groups is 2. The number of nitrogens with one attached hydrogen (secondary N) is 1. The first kappa shape index (κ1) is 10.5. The second-order valence-corrected chi connectivity index (χ2v) is 2.25. The zero-order chi connectivity index (χ0) is 9.72. The fourth-order valence-electron chi connectivity index (χ4n) is 0.572. The van der Waals surface area contributed by atoms with Crippen molar-refractivity contribution in [1.29, 1.82) is 0 Å². The van der Waals surface area contributed by atoms with Gasteiger partial charge in [0, 0.05) is 0 Å². The maximum atomic E-state index is 10.6. The van der Waals surface area contributed by atoms with Crippen LogP contribution in [-0.4, -0.2) is 30.3 Å². The van der Waals surface area contributed by atoms with Crippen molar-refractivity contribution in [1.82, 2.24) is 5.32 Å². The molecule has 0 rings (SSSR count). The van der Waals surface area contributed by atoms with Crippen molar-refractivity contribution in [2.45, 2.75) is 13.0 Å². The smallest absolute Gasteiger partial charge is 0.407 e. The van der Waals surface area contributed by atoms with E-state index >= 15 is 0 Å². The molecule has 0 aromatic heterocycles. The van der Waals surface area contributed by atoms with Crippen LogP contribution in [0.4, 0.5) is 4.79 Å². The predicted octanol–water partition coefficient (Wildman–Crippen LogP) is 0.372. The first-order chi connectivity index (χ1) is 5.49. The Morgan fingerprint density at radius 1 is 1.58 bits per heavy atom. The molecule has 0 aliphatic rings. The number of rotatable bonds is 3. The summed E-state index contributed by atoms with van der Waals surface area (Å²) in [7, 11) is 1.16. The number of hydrogen-bond donors (Lipinski definition) is 2. The van der Waals surface area contributed by atoms with E-state index in [4.69, 9.17) is 5.11 Å². The Hall–Kier alpha value is -1.52. The molecule has 0 aromatic rings. The van der Waals surface area contributed by atoms with E-state index in [2.05, 4.69) is 16.6 Å². The highest BCUT2D eigenvalue weighted by atomic mass is 16.5. The van der Waals surface area contributed by atoms with Crippen LogP contribution in [0.2, 0.25) is 0 Å². The molecule has 0 bridgehead atoms. The molecule has 0 aliphatic carbocycles. The van der Waals surface area contributed by atoms with E-state index in [9.17, 15) is 9.59 Å².